The molecule has 55 heavy (non-hydrogen) atoms. The van der Waals surface area contributed by atoms with Crippen LogP contribution in [-0.4, -0.2) is 0 Å². The summed E-state index contributed by atoms with van der Waals surface area (Å²) >= 11 is 0. The van der Waals surface area contributed by atoms with E-state index in [2.05, 4.69) is 217 Å². The fraction of sp³-hybridized carbons (Fsp3) is 0. The lowest BCUT2D eigenvalue weighted by Crippen LogP contribution is -2.10. The number of anilines is 3. The molecule has 1 heteroatoms. The molecule has 256 valence electrons. The minimum absolute atomic E-state index is 1.11. The van der Waals surface area contributed by atoms with Crippen LogP contribution in [-0.2, 0) is 0 Å². The molecule has 0 fully saturated rings. The largest absolute Gasteiger partial charge is 0.310 e. The Labute approximate surface area is 320 Å². The van der Waals surface area contributed by atoms with Gasteiger partial charge in [-0.3, -0.25) is 0 Å². The molecule has 0 unspecified atom stereocenters. The molecule has 0 amide bonds. The number of fused-ring (bicyclic) bond motifs is 6. The van der Waals surface area contributed by atoms with E-state index in [0.717, 1.165) is 17.1 Å². The van der Waals surface area contributed by atoms with Crippen LogP contribution in [0.5, 0.6) is 0 Å². The molecule has 0 saturated carbocycles. The normalized spacial score (nSPS) is 11.6. The fourth-order valence-corrected chi connectivity index (χ4v) is 8.61. The Morgan fingerprint density at radius 3 is 1.24 bits per heavy atom. The molecule has 1 nitrogen and oxygen atoms in total. The lowest BCUT2D eigenvalue weighted by molar-refractivity contribution is 1.30. The molecule has 0 saturated heterocycles. The lowest BCUT2D eigenvalue weighted by Gasteiger charge is -2.28. The van der Waals surface area contributed by atoms with E-state index < -0.39 is 0 Å². The highest BCUT2D eigenvalue weighted by molar-refractivity contribution is 6.18. The summed E-state index contributed by atoms with van der Waals surface area (Å²) in [6.45, 7) is 0. The zero-order valence-electron chi connectivity index (χ0n) is 30.2. The Bertz CT molecular complexity index is 3200. The van der Waals surface area contributed by atoms with Crippen LogP contribution in [0.15, 0.2) is 212 Å². The highest BCUT2D eigenvalue weighted by Gasteiger charge is 2.20. The average molecular weight is 698 g/mol. The van der Waals surface area contributed by atoms with Crippen molar-refractivity contribution >= 4 is 81.7 Å². The van der Waals surface area contributed by atoms with Crippen molar-refractivity contribution in [3.63, 3.8) is 0 Å². The minimum Gasteiger partial charge on any atom is -0.310 e. The summed E-state index contributed by atoms with van der Waals surface area (Å²) in [4.78, 5) is 2.45. The van der Waals surface area contributed by atoms with Gasteiger partial charge in [0, 0.05) is 17.1 Å². The van der Waals surface area contributed by atoms with Gasteiger partial charge in [0.15, 0.2) is 0 Å². The second-order valence-electron chi connectivity index (χ2n) is 14.6. The zero-order valence-corrected chi connectivity index (χ0v) is 30.2. The Morgan fingerprint density at radius 2 is 0.673 bits per heavy atom. The quantitative estimate of drug-likeness (QED) is 0.162. The Balaban J connectivity index is 1.27. The van der Waals surface area contributed by atoms with E-state index in [9.17, 15) is 0 Å². The third kappa shape index (κ3) is 5.40. The predicted molar refractivity (Wildman–Crippen MR) is 237 cm³/mol. The molecule has 0 aliphatic rings. The predicted octanol–water partition coefficient (Wildman–Crippen LogP) is 15.4. The van der Waals surface area contributed by atoms with Gasteiger partial charge in [-0.05, 0) is 141 Å². The molecule has 11 aromatic carbocycles. The van der Waals surface area contributed by atoms with E-state index in [4.69, 9.17) is 0 Å². The van der Waals surface area contributed by atoms with Crippen molar-refractivity contribution in [3.05, 3.63) is 212 Å². The molecule has 0 N–H and O–H groups in total. The van der Waals surface area contributed by atoms with Gasteiger partial charge >= 0.3 is 0 Å². The first-order valence-corrected chi connectivity index (χ1v) is 19.0. The summed E-state index contributed by atoms with van der Waals surface area (Å²) < 4.78 is 0. The van der Waals surface area contributed by atoms with Gasteiger partial charge in [-0.1, -0.05) is 158 Å². The maximum atomic E-state index is 2.45. The van der Waals surface area contributed by atoms with Gasteiger partial charge in [-0.25, -0.2) is 0 Å². The standard InChI is InChI=1S/C54H35N/c1-5-15-40-29-45(23-21-36(40)11-1)51-34-49(55(47-27-25-38-13-3-7-17-42(38)31-47)48-28-26-39-14-4-8-18-43(39)32-48)35-53-52(51)33-44-19-9-10-20-50(44)54(53)46-24-22-37-12-2-6-16-41(37)30-46/h1-35H. The smallest absolute Gasteiger partial charge is 0.0474 e. The van der Waals surface area contributed by atoms with Gasteiger partial charge in [0.25, 0.3) is 0 Å². The molecule has 0 bridgehead atoms. The van der Waals surface area contributed by atoms with Crippen molar-refractivity contribution in [3.8, 4) is 22.3 Å². The minimum atomic E-state index is 1.11. The highest BCUT2D eigenvalue weighted by Crippen LogP contribution is 2.46. The van der Waals surface area contributed by atoms with E-state index in [0.29, 0.717) is 0 Å². The van der Waals surface area contributed by atoms with Crippen LogP contribution in [0.4, 0.5) is 17.1 Å². The third-order valence-corrected chi connectivity index (χ3v) is 11.3. The van der Waals surface area contributed by atoms with Gasteiger partial charge < -0.3 is 4.90 Å². The van der Waals surface area contributed by atoms with Crippen molar-refractivity contribution < 1.29 is 0 Å². The first-order chi connectivity index (χ1) is 27.2. The number of nitrogens with zero attached hydrogens (tertiary/aromatic N) is 1. The molecule has 0 atom stereocenters. The van der Waals surface area contributed by atoms with Crippen LogP contribution in [0, 0.1) is 0 Å². The summed E-state index contributed by atoms with van der Waals surface area (Å²) in [5.41, 5.74) is 8.21. The van der Waals surface area contributed by atoms with Gasteiger partial charge in [0.05, 0.1) is 0 Å². The molecule has 0 aliphatic carbocycles. The van der Waals surface area contributed by atoms with Crippen molar-refractivity contribution in [2.45, 2.75) is 0 Å². The maximum absolute atomic E-state index is 2.45. The second-order valence-corrected chi connectivity index (χ2v) is 14.6. The molecule has 11 rings (SSSR count). The molecular formula is C54H35N. The van der Waals surface area contributed by atoms with Crippen LogP contribution in [0.25, 0.3) is 86.9 Å². The first-order valence-electron chi connectivity index (χ1n) is 19.0. The first kappa shape index (κ1) is 31.3. The topological polar surface area (TPSA) is 3.24 Å². The van der Waals surface area contributed by atoms with E-state index in [1.807, 2.05) is 0 Å². The Kier molecular flexibility index (Phi) is 7.25. The molecule has 0 aliphatic heterocycles. The van der Waals surface area contributed by atoms with Crippen molar-refractivity contribution in [1.82, 2.24) is 0 Å². The number of hydrogen-bond acceptors (Lipinski definition) is 1. The Morgan fingerprint density at radius 1 is 0.236 bits per heavy atom. The van der Waals surface area contributed by atoms with Gasteiger partial charge in [0.2, 0.25) is 0 Å². The zero-order chi connectivity index (χ0) is 36.3. The van der Waals surface area contributed by atoms with Crippen LogP contribution in [0.3, 0.4) is 0 Å². The number of hydrogen-bond donors (Lipinski definition) is 0. The van der Waals surface area contributed by atoms with Crippen LogP contribution in [0.1, 0.15) is 0 Å². The van der Waals surface area contributed by atoms with Gasteiger partial charge in [0.1, 0.15) is 0 Å². The monoisotopic (exact) mass is 697 g/mol. The van der Waals surface area contributed by atoms with Crippen LogP contribution >= 0.6 is 0 Å². The van der Waals surface area contributed by atoms with E-state index in [1.54, 1.807) is 0 Å². The van der Waals surface area contributed by atoms with Crippen molar-refractivity contribution in [1.29, 1.82) is 0 Å². The maximum Gasteiger partial charge on any atom is 0.0474 e. The second kappa shape index (κ2) is 12.7. The molecule has 0 heterocycles. The van der Waals surface area contributed by atoms with Gasteiger partial charge in [-0.2, -0.15) is 0 Å². The van der Waals surface area contributed by atoms with E-state index >= 15 is 0 Å². The average Bonchev–Trinajstić information content (AvgIpc) is 3.25. The fourth-order valence-electron chi connectivity index (χ4n) is 8.61. The summed E-state index contributed by atoms with van der Waals surface area (Å²) in [6.07, 6.45) is 0. The molecule has 0 spiro atoms. The molecule has 0 radical (unpaired) electrons. The van der Waals surface area contributed by atoms with Crippen LogP contribution in [0.2, 0.25) is 0 Å². The summed E-state index contributed by atoms with van der Waals surface area (Å²) in [5.74, 6) is 0. The number of benzene rings is 11. The summed E-state index contributed by atoms with van der Waals surface area (Å²) in [5, 5.41) is 14.8. The molecule has 11 aromatic rings. The summed E-state index contributed by atoms with van der Waals surface area (Å²) in [7, 11) is 0. The van der Waals surface area contributed by atoms with Crippen molar-refractivity contribution in [2.24, 2.45) is 0 Å². The lowest BCUT2D eigenvalue weighted by atomic mass is 9.87. The van der Waals surface area contributed by atoms with E-state index in [1.165, 1.54) is 86.9 Å². The SMILES string of the molecule is c1ccc2cc(-c3cc(N(c4ccc5ccccc5c4)c4ccc5ccccc5c4)cc4c(-c5ccc6ccccc6c5)c5ccccc5cc34)ccc2c1. The summed E-state index contributed by atoms with van der Waals surface area (Å²) in [6, 6.07) is 78.3. The number of rotatable bonds is 5. The van der Waals surface area contributed by atoms with E-state index in [-0.39, 0.29) is 0 Å². The molecular weight excluding hydrogens is 663 g/mol. The van der Waals surface area contributed by atoms with Crippen LogP contribution < -0.4 is 4.90 Å². The van der Waals surface area contributed by atoms with Crippen molar-refractivity contribution in [2.75, 3.05) is 4.90 Å². The Hall–Kier alpha value is -7.22. The van der Waals surface area contributed by atoms with Gasteiger partial charge in [-0.15, -0.1) is 0 Å². The highest BCUT2D eigenvalue weighted by atomic mass is 15.1. The third-order valence-electron chi connectivity index (χ3n) is 11.3. The molecule has 0 aromatic heterocycles.